The lowest BCUT2D eigenvalue weighted by Crippen LogP contribution is -2.54. The number of hydrogen-bond donors (Lipinski definition) is 0. The molecule has 1 aliphatic rings. The highest BCUT2D eigenvalue weighted by Crippen LogP contribution is 2.31. The zero-order chi connectivity index (χ0) is 17.9. The van der Waals surface area contributed by atoms with E-state index in [1.807, 2.05) is 38.1 Å². The Balaban J connectivity index is 1.73. The van der Waals surface area contributed by atoms with Gasteiger partial charge < -0.3 is 4.74 Å². The summed E-state index contributed by atoms with van der Waals surface area (Å²) in [6.45, 7) is 9.14. The average molecular weight is 356 g/mol. The first kappa shape index (κ1) is 18.2. The minimum Gasteiger partial charge on any atom is -0.379 e. The molecule has 25 heavy (non-hydrogen) atoms. The number of nitrogens with zero attached hydrogens (tertiary/aromatic N) is 1. The van der Waals surface area contributed by atoms with Crippen LogP contribution in [-0.2, 0) is 4.74 Å². The van der Waals surface area contributed by atoms with Gasteiger partial charge in [-0.15, -0.1) is 0 Å². The first-order valence-corrected chi connectivity index (χ1v) is 9.51. The van der Waals surface area contributed by atoms with Gasteiger partial charge in [0, 0.05) is 28.4 Å². The highest BCUT2D eigenvalue weighted by molar-refractivity contribution is 7.99. The van der Waals surface area contributed by atoms with Crippen LogP contribution in [-0.4, -0.2) is 42.5 Å². The molecule has 2 aromatic rings. The fourth-order valence-corrected chi connectivity index (χ4v) is 3.99. The van der Waals surface area contributed by atoms with Crippen LogP contribution in [0.5, 0.6) is 0 Å². The minimum atomic E-state index is -0.505. The van der Waals surface area contributed by atoms with Crippen LogP contribution in [0.3, 0.4) is 0 Å². The molecule has 0 aliphatic carbocycles. The van der Waals surface area contributed by atoms with Gasteiger partial charge in [0.15, 0.2) is 5.78 Å². The van der Waals surface area contributed by atoms with Crippen molar-refractivity contribution in [3.05, 3.63) is 59.7 Å². The fourth-order valence-electron chi connectivity index (χ4n) is 3.09. The zero-order valence-electron chi connectivity index (χ0n) is 15.1. The van der Waals surface area contributed by atoms with Gasteiger partial charge in [0.2, 0.25) is 0 Å². The fraction of sp³-hybridized carbons (Fsp3) is 0.381. The maximum absolute atomic E-state index is 13.0. The van der Waals surface area contributed by atoms with Crippen molar-refractivity contribution in [1.29, 1.82) is 0 Å². The number of aryl methyl sites for hydroxylation is 1. The van der Waals surface area contributed by atoms with E-state index < -0.39 is 5.54 Å². The maximum Gasteiger partial charge on any atom is 0.182 e. The molecule has 1 heterocycles. The average Bonchev–Trinajstić information content (AvgIpc) is 2.64. The van der Waals surface area contributed by atoms with E-state index in [0.29, 0.717) is 13.2 Å². The molecule has 0 bridgehead atoms. The van der Waals surface area contributed by atoms with E-state index in [1.165, 1.54) is 10.5 Å². The van der Waals surface area contributed by atoms with Crippen molar-refractivity contribution >= 4 is 17.5 Å². The number of ketones is 1. The summed E-state index contributed by atoms with van der Waals surface area (Å²) >= 11 is 1.73. The van der Waals surface area contributed by atoms with Crippen LogP contribution in [0.2, 0.25) is 0 Å². The van der Waals surface area contributed by atoms with Crippen LogP contribution >= 0.6 is 11.8 Å². The summed E-state index contributed by atoms with van der Waals surface area (Å²) in [7, 11) is 0. The Bertz CT molecular complexity index is 734. The molecule has 2 aromatic carbocycles. The van der Waals surface area contributed by atoms with Gasteiger partial charge in [0.05, 0.1) is 18.8 Å². The molecule has 0 radical (unpaired) electrons. The van der Waals surface area contributed by atoms with Gasteiger partial charge in [-0.2, -0.15) is 0 Å². The first-order valence-electron chi connectivity index (χ1n) is 8.69. The lowest BCUT2D eigenvalue weighted by molar-refractivity contribution is -0.00430. The molecule has 0 aromatic heterocycles. The van der Waals surface area contributed by atoms with Gasteiger partial charge in [-0.3, -0.25) is 9.69 Å². The second-order valence-electron chi connectivity index (χ2n) is 6.88. The summed E-state index contributed by atoms with van der Waals surface area (Å²) in [5.41, 5.74) is 1.53. The number of carbonyl (C=O) groups excluding carboxylic acids is 1. The molecule has 3 rings (SSSR count). The van der Waals surface area contributed by atoms with E-state index in [9.17, 15) is 4.79 Å². The number of Topliss-reactive ketones (excluding diaryl/α,β-unsaturated/α-hetero) is 1. The number of carbonyl (C=O) groups is 1. The van der Waals surface area contributed by atoms with Crippen molar-refractivity contribution in [2.45, 2.75) is 36.1 Å². The molecular formula is C21H25NO2S. The van der Waals surface area contributed by atoms with Crippen LogP contribution in [0.1, 0.15) is 29.8 Å². The molecular weight excluding hydrogens is 330 g/mol. The number of hydrogen-bond acceptors (Lipinski definition) is 4. The molecule has 1 saturated heterocycles. The van der Waals surface area contributed by atoms with Crippen molar-refractivity contribution < 1.29 is 9.53 Å². The van der Waals surface area contributed by atoms with Gasteiger partial charge >= 0.3 is 0 Å². The van der Waals surface area contributed by atoms with Crippen LogP contribution in [0.15, 0.2) is 58.3 Å². The topological polar surface area (TPSA) is 29.5 Å². The van der Waals surface area contributed by atoms with Gasteiger partial charge in [-0.25, -0.2) is 0 Å². The molecule has 4 heteroatoms. The normalized spacial score (nSPS) is 16.0. The van der Waals surface area contributed by atoms with E-state index in [4.69, 9.17) is 4.74 Å². The van der Waals surface area contributed by atoms with Crippen molar-refractivity contribution in [2.75, 3.05) is 26.3 Å². The van der Waals surface area contributed by atoms with E-state index in [-0.39, 0.29) is 5.78 Å². The molecule has 0 unspecified atom stereocenters. The summed E-state index contributed by atoms with van der Waals surface area (Å²) in [5, 5.41) is 0. The lowest BCUT2D eigenvalue weighted by atomic mass is 9.91. The number of benzene rings is 2. The van der Waals surface area contributed by atoms with Gasteiger partial charge in [-0.05, 0) is 44.5 Å². The van der Waals surface area contributed by atoms with Gasteiger partial charge in [0.1, 0.15) is 0 Å². The van der Waals surface area contributed by atoms with Crippen molar-refractivity contribution in [3.8, 4) is 0 Å². The second kappa shape index (κ2) is 7.73. The SMILES string of the molecule is Cc1ccccc1Sc1ccc(C(=O)C(C)(C)N2CCOCC2)cc1. The predicted octanol–water partition coefficient (Wildman–Crippen LogP) is 4.44. The zero-order valence-corrected chi connectivity index (χ0v) is 15.9. The largest absolute Gasteiger partial charge is 0.379 e. The number of ether oxygens (including phenoxy) is 1. The third-order valence-corrected chi connectivity index (χ3v) is 5.98. The van der Waals surface area contributed by atoms with E-state index in [1.54, 1.807) is 11.8 Å². The van der Waals surface area contributed by atoms with E-state index in [0.717, 1.165) is 23.5 Å². The standard InChI is InChI=1S/C21H25NO2S/c1-16-6-4-5-7-19(16)25-18-10-8-17(9-11-18)20(23)21(2,3)22-12-14-24-15-13-22/h4-11H,12-15H2,1-3H3. The first-order chi connectivity index (χ1) is 12.0. The Hall–Kier alpha value is -1.62. The van der Waals surface area contributed by atoms with Crippen LogP contribution in [0.4, 0.5) is 0 Å². The minimum absolute atomic E-state index is 0.168. The van der Waals surface area contributed by atoms with Crippen LogP contribution in [0.25, 0.3) is 0 Å². The lowest BCUT2D eigenvalue weighted by Gasteiger charge is -2.39. The third-order valence-electron chi connectivity index (χ3n) is 4.80. The number of morpholine rings is 1. The highest BCUT2D eigenvalue weighted by atomic mass is 32.2. The van der Waals surface area contributed by atoms with Gasteiger partial charge in [0.25, 0.3) is 0 Å². The van der Waals surface area contributed by atoms with E-state index >= 15 is 0 Å². The molecule has 0 saturated carbocycles. The maximum atomic E-state index is 13.0. The molecule has 1 fully saturated rings. The Morgan fingerprint density at radius 2 is 1.68 bits per heavy atom. The smallest absolute Gasteiger partial charge is 0.182 e. The van der Waals surface area contributed by atoms with Crippen LogP contribution in [0, 0.1) is 6.92 Å². The second-order valence-corrected chi connectivity index (χ2v) is 7.99. The molecule has 0 spiro atoms. The quantitative estimate of drug-likeness (QED) is 0.742. The summed E-state index contributed by atoms with van der Waals surface area (Å²) in [4.78, 5) is 17.6. The van der Waals surface area contributed by atoms with Crippen molar-refractivity contribution in [2.24, 2.45) is 0 Å². The Morgan fingerprint density at radius 3 is 2.32 bits per heavy atom. The Morgan fingerprint density at radius 1 is 1.04 bits per heavy atom. The van der Waals surface area contributed by atoms with Crippen molar-refractivity contribution in [1.82, 2.24) is 4.90 Å². The molecule has 0 amide bonds. The summed E-state index contributed by atoms with van der Waals surface area (Å²) in [5.74, 6) is 0.168. The Labute approximate surface area is 154 Å². The molecule has 0 atom stereocenters. The highest BCUT2D eigenvalue weighted by Gasteiger charge is 2.35. The monoisotopic (exact) mass is 355 g/mol. The number of rotatable bonds is 5. The van der Waals surface area contributed by atoms with Gasteiger partial charge in [-0.1, -0.05) is 42.1 Å². The van der Waals surface area contributed by atoms with Crippen LogP contribution < -0.4 is 0 Å². The summed E-state index contributed by atoms with van der Waals surface area (Å²) in [6, 6.07) is 16.3. The molecule has 1 aliphatic heterocycles. The summed E-state index contributed by atoms with van der Waals surface area (Å²) < 4.78 is 5.41. The molecule has 132 valence electrons. The Kier molecular flexibility index (Phi) is 5.62. The molecule has 3 nitrogen and oxygen atoms in total. The third kappa shape index (κ3) is 4.14. The summed E-state index contributed by atoms with van der Waals surface area (Å²) in [6.07, 6.45) is 0. The van der Waals surface area contributed by atoms with Crippen molar-refractivity contribution in [3.63, 3.8) is 0 Å². The predicted molar refractivity (Wildman–Crippen MR) is 103 cm³/mol. The van der Waals surface area contributed by atoms with E-state index in [2.05, 4.69) is 36.1 Å². The molecule has 0 N–H and O–H groups in total.